The molecule has 3 heterocycles. The first-order valence-corrected chi connectivity index (χ1v) is 13.6. The Morgan fingerprint density at radius 3 is 2.67 bits per heavy atom. The Kier molecular flexibility index (Phi) is 8.28. The smallest absolute Gasteiger partial charge is 0.352 e. The Bertz CT molecular complexity index is 1200. The zero-order valence-corrected chi connectivity index (χ0v) is 21.7. The van der Waals surface area contributed by atoms with Gasteiger partial charge >= 0.3 is 5.97 Å². The van der Waals surface area contributed by atoms with Crippen molar-refractivity contribution in [3.8, 4) is 0 Å². The van der Waals surface area contributed by atoms with Gasteiger partial charge in [-0.3, -0.25) is 19.3 Å². The lowest BCUT2D eigenvalue weighted by Crippen LogP contribution is -2.71. The summed E-state index contributed by atoms with van der Waals surface area (Å²) in [6, 6.07) is 6.68. The lowest BCUT2D eigenvalue weighted by atomic mass is 10.0. The van der Waals surface area contributed by atoms with E-state index in [2.05, 4.69) is 20.8 Å². The Morgan fingerprint density at radius 2 is 2.03 bits per heavy atom. The van der Waals surface area contributed by atoms with Gasteiger partial charge in [-0.05, 0) is 18.1 Å². The number of aliphatic carboxylic acids is 1. The van der Waals surface area contributed by atoms with Gasteiger partial charge in [-0.2, -0.15) is 0 Å². The highest BCUT2D eigenvalue weighted by Gasteiger charge is 2.54. The minimum atomic E-state index is -1.20. The van der Waals surface area contributed by atoms with Gasteiger partial charge in [0, 0.05) is 18.6 Å². The van der Waals surface area contributed by atoms with Crippen LogP contribution in [0.1, 0.15) is 16.6 Å². The van der Waals surface area contributed by atoms with Crippen LogP contribution in [-0.4, -0.2) is 80.5 Å². The quantitative estimate of drug-likeness (QED) is 0.291. The van der Waals surface area contributed by atoms with E-state index in [9.17, 15) is 24.3 Å². The molecule has 1 aromatic carbocycles. The molecule has 3 N–H and O–H groups in total. The summed E-state index contributed by atoms with van der Waals surface area (Å²) in [5.41, 5.74) is 1.08. The molecular formula is C22H23N5O6S3. The van der Waals surface area contributed by atoms with Crippen molar-refractivity contribution < 1.29 is 29.0 Å². The maximum absolute atomic E-state index is 13.2. The number of nitrogens with zero attached hydrogens (tertiary/aromatic N) is 3. The molecule has 3 atom stereocenters. The summed E-state index contributed by atoms with van der Waals surface area (Å²) in [7, 11) is 1.37. The lowest BCUT2D eigenvalue weighted by Gasteiger charge is -2.49. The second-order valence-electron chi connectivity index (χ2n) is 7.87. The number of rotatable bonds is 10. The molecule has 2 aromatic rings. The van der Waals surface area contributed by atoms with Crippen LogP contribution in [0.15, 0.2) is 45.9 Å². The van der Waals surface area contributed by atoms with Crippen molar-refractivity contribution in [1.29, 1.82) is 0 Å². The molecule has 2 aliphatic heterocycles. The fourth-order valence-electron chi connectivity index (χ4n) is 3.80. The number of ether oxygens (including phenoxy) is 1. The zero-order chi connectivity index (χ0) is 25.8. The number of fused-ring (bicyclic) bond motifs is 1. The molecule has 1 fully saturated rings. The first kappa shape index (κ1) is 26.1. The normalized spacial score (nSPS) is 19.8. The SMILES string of the molecule is COCC(=O)NC(C(=O)NC1C(=O)N2C(C(=O)O)=C(CSc3nnc(C)s3)CS[C@H]12)c1ccccc1. The summed E-state index contributed by atoms with van der Waals surface area (Å²) >= 11 is 4.17. The van der Waals surface area contributed by atoms with Gasteiger partial charge in [-0.1, -0.05) is 53.4 Å². The van der Waals surface area contributed by atoms with Gasteiger partial charge in [0.15, 0.2) is 4.34 Å². The van der Waals surface area contributed by atoms with E-state index < -0.39 is 41.1 Å². The van der Waals surface area contributed by atoms with Gasteiger partial charge in [-0.25, -0.2) is 4.79 Å². The van der Waals surface area contributed by atoms with E-state index in [4.69, 9.17) is 4.74 Å². The fourth-order valence-corrected chi connectivity index (χ4v) is 7.10. The number of carbonyl (C=O) groups excluding carboxylic acids is 3. The largest absolute Gasteiger partial charge is 0.477 e. The van der Waals surface area contributed by atoms with E-state index >= 15 is 0 Å². The molecule has 2 aliphatic rings. The van der Waals surface area contributed by atoms with Gasteiger partial charge in [0.1, 0.15) is 34.8 Å². The van der Waals surface area contributed by atoms with Gasteiger partial charge < -0.3 is 20.5 Å². The monoisotopic (exact) mass is 549 g/mol. The van der Waals surface area contributed by atoms with E-state index in [1.54, 1.807) is 30.3 Å². The maximum atomic E-state index is 13.2. The number of aryl methyl sites for hydroxylation is 1. The van der Waals surface area contributed by atoms with E-state index in [1.165, 1.54) is 46.9 Å². The van der Waals surface area contributed by atoms with Crippen molar-refractivity contribution in [3.05, 3.63) is 52.2 Å². The number of carboxylic acids is 1. The zero-order valence-electron chi connectivity index (χ0n) is 19.3. The minimum absolute atomic E-state index is 0.0593. The molecular weight excluding hydrogens is 526 g/mol. The number of benzene rings is 1. The first-order chi connectivity index (χ1) is 17.3. The number of aromatic nitrogens is 2. The Hall–Kier alpha value is -2.94. The van der Waals surface area contributed by atoms with Crippen LogP contribution in [0.2, 0.25) is 0 Å². The van der Waals surface area contributed by atoms with Crippen molar-refractivity contribution in [2.75, 3.05) is 25.2 Å². The topological polar surface area (TPSA) is 151 Å². The van der Waals surface area contributed by atoms with Gasteiger partial charge in [0.25, 0.3) is 5.91 Å². The molecule has 0 saturated carbocycles. The van der Waals surface area contributed by atoms with Crippen molar-refractivity contribution >= 4 is 58.6 Å². The number of β-lactam (4-membered cyclic amide) rings is 1. The fraction of sp³-hybridized carbons (Fsp3) is 0.364. The van der Waals surface area contributed by atoms with Crippen LogP contribution >= 0.6 is 34.9 Å². The Morgan fingerprint density at radius 1 is 1.28 bits per heavy atom. The maximum Gasteiger partial charge on any atom is 0.352 e. The molecule has 0 aliphatic carbocycles. The number of thioether (sulfide) groups is 2. The molecule has 0 radical (unpaired) electrons. The van der Waals surface area contributed by atoms with E-state index in [-0.39, 0.29) is 12.3 Å². The van der Waals surface area contributed by atoms with Crippen LogP contribution in [0.5, 0.6) is 0 Å². The summed E-state index contributed by atoms with van der Waals surface area (Å²) in [6.07, 6.45) is 0. The summed E-state index contributed by atoms with van der Waals surface area (Å²) in [6.45, 7) is 1.61. The molecule has 14 heteroatoms. The van der Waals surface area contributed by atoms with Crippen molar-refractivity contribution in [2.45, 2.75) is 28.7 Å². The van der Waals surface area contributed by atoms with Crippen LogP contribution in [0.3, 0.4) is 0 Å². The number of nitrogens with one attached hydrogen (secondary N) is 2. The number of amides is 3. The molecule has 36 heavy (non-hydrogen) atoms. The second-order valence-corrected chi connectivity index (χ2v) is 11.4. The van der Waals surface area contributed by atoms with Gasteiger partial charge in [-0.15, -0.1) is 22.0 Å². The second kappa shape index (κ2) is 11.4. The molecule has 1 saturated heterocycles. The van der Waals surface area contributed by atoms with E-state index in [1.807, 2.05) is 6.92 Å². The number of carboxylic acid groups (broad SMARTS) is 1. The van der Waals surface area contributed by atoms with Crippen LogP contribution in [0, 0.1) is 6.92 Å². The standard InChI is InChI=1S/C22H23N5O6S3/c1-11-25-26-22(36-11)35-10-13-9-34-20-16(19(30)27(20)17(13)21(31)32)24-18(29)15(23-14(28)8-33-2)12-6-4-3-5-7-12/h3-7,15-16,20H,8-10H2,1-2H3,(H,23,28)(H,24,29)(H,31,32)/t15?,16?,20-/m1/s1. The number of methoxy groups -OCH3 is 1. The molecule has 2 unspecified atom stereocenters. The van der Waals surface area contributed by atoms with Crippen molar-refractivity contribution in [1.82, 2.24) is 25.7 Å². The third-order valence-corrected chi connectivity index (χ3v) is 8.80. The average molecular weight is 550 g/mol. The van der Waals surface area contributed by atoms with Crippen molar-refractivity contribution in [3.63, 3.8) is 0 Å². The summed E-state index contributed by atoms with van der Waals surface area (Å²) in [5.74, 6) is -2.02. The molecule has 4 rings (SSSR count). The Balaban J connectivity index is 1.48. The molecule has 0 spiro atoms. The first-order valence-electron chi connectivity index (χ1n) is 10.8. The van der Waals surface area contributed by atoms with Crippen LogP contribution in [0.4, 0.5) is 0 Å². The van der Waals surface area contributed by atoms with Crippen LogP contribution < -0.4 is 10.6 Å². The highest BCUT2D eigenvalue weighted by atomic mass is 32.2. The molecule has 0 bridgehead atoms. The average Bonchev–Trinajstić information content (AvgIpc) is 3.29. The third-order valence-electron chi connectivity index (χ3n) is 5.40. The lowest BCUT2D eigenvalue weighted by molar-refractivity contribution is -0.151. The van der Waals surface area contributed by atoms with Crippen LogP contribution in [-0.2, 0) is 23.9 Å². The minimum Gasteiger partial charge on any atom is -0.477 e. The van der Waals surface area contributed by atoms with Crippen molar-refractivity contribution in [2.24, 2.45) is 0 Å². The number of hydrogen-bond donors (Lipinski definition) is 3. The molecule has 190 valence electrons. The highest BCUT2D eigenvalue weighted by molar-refractivity contribution is 8.01. The van der Waals surface area contributed by atoms with E-state index in [0.29, 0.717) is 22.6 Å². The van der Waals surface area contributed by atoms with Gasteiger partial charge in [0.2, 0.25) is 11.8 Å². The summed E-state index contributed by atoms with van der Waals surface area (Å²) in [4.78, 5) is 51.6. The predicted molar refractivity (Wildman–Crippen MR) is 134 cm³/mol. The highest BCUT2D eigenvalue weighted by Crippen LogP contribution is 2.42. The number of hydrogen-bond acceptors (Lipinski definition) is 10. The predicted octanol–water partition coefficient (Wildman–Crippen LogP) is 1.18. The molecule has 3 amide bonds. The molecule has 11 nitrogen and oxygen atoms in total. The Labute approximate surface area is 219 Å². The molecule has 1 aromatic heterocycles. The van der Waals surface area contributed by atoms with Crippen LogP contribution in [0.25, 0.3) is 0 Å². The summed E-state index contributed by atoms with van der Waals surface area (Å²) < 4.78 is 5.56. The number of carbonyl (C=O) groups is 4. The van der Waals surface area contributed by atoms with Gasteiger partial charge in [0.05, 0.1) is 0 Å². The van der Waals surface area contributed by atoms with E-state index in [0.717, 1.165) is 9.35 Å². The third kappa shape index (κ3) is 5.56. The summed E-state index contributed by atoms with van der Waals surface area (Å²) in [5, 5.41) is 23.4.